The standard InChI is InChI=1S/C26H29N3O6/c1-26(2)15-29(13-21(26)24(32)33)23(31)12-27-22(30)11-28-25(34)35-14-20-18-9-5-3-7-16(18)17-8-4-6-10-19(17)20/h3-10,20-21H,11-15H2,1-2H3,(H,27,30)(H,28,34)(H,32,33). The highest BCUT2D eigenvalue weighted by molar-refractivity contribution is 5.88. The fraction of sp³-hybridized carbons (Fsp3) is 0.385. The van der Waals surface area contributed by atoms with E-state index in [1.807, 2.05) is 48.5 Å². The van der Waals surface area contributed by atoms with Crippen LogP contribution in [0.4, 0.5) is 4.79 Å². The molecule has 1 unspecified atom stereocenters. The van der Waals surface area contributed by atoms with Crippen LogP contribution in [0.2, 0.25) is 0 Å². The van der Waals surface area contributed by atoms with Crippen LogP contribution < -0.4 is 10.6 Å². The van der Waals surface area contributed by atoms with E-state index < -0.39 is 29.3 Å². The predicted molar refractivity (Wildman–Crippen MR) is 128 cm³/mol. The average Bonchev–Trinajstić information content (AvgIpc) is 3.34. The van der Waals surface area contributed by atoms with E-state index >= 15 is 0 Å². The smallest absolute Gasteiger partial charge is 0.407 e. The molecule has 1 atom stereocenters. The molecule has 9 nitrogen and oxygen atoms in total. The van der Waals surface area contributed by atoms with Crippen molar-refractivity contribution in [2.24, 2.45) is 11.3 Å². The Balaban J connectivity index is 1.22. The number of carbonyl (C=O) groups excluding carboxylic acids is 3. The molecule has 2 aliphatic rings. The van der Waals surface area contributed by atoms with Crippen LogP contribution in [0.1, 0.15) is 30.9 Å². The van der Waals surface area contributed by atoms with Crippen LogP contribution in [0.5, 0.6) is 0 Å². The topological polar surface area (TPSA) is 125 Å². The first kappa shape index (κ1) is 24.3. The number of nitrogens with zero attached hydrogens (tertiary/aromatic N) is 1. The van der Waals surface area contributed by atoms with Crippen LogP contribution in [0.15, 0.2) is 48.5 Å². The van der Waals surface area contributed by atoms with Crippen molar-refractivity contribution < 1.29 is 29.0 Å². The van der Waals surface area contributed by atoms with Gasteiger partial charge in [-0.25, -0.2) is 4.79 Å². The minimum atomic E-state index is -0.943. The summed E-state index contributed by atoms with van der Waals surface area (Å²) in [6.07, 6.45) is -0.723. The number of carboxylic acid groups (broad SMARTS) is 1. The molecular formula is C26H29N3O6. The number of fused-ring (bicyclic) bond motifs is 3. The Morgan fingerprint density at radius 2 is 1.57 bits per heavy atom. The van der Waals surface area contributed by atoms with E-state index in [0.717, 1.165) is 22.3 Å². The Morgan fingerprint density at radius 3 is 2.14 bits per heavy atom. The number of alkyl carbamates (subject to hydrolysis) is 1. The summed E-state index contributed by atoms with van der Waals surface area (Å²) in [5.74, 6) is -2.59. The molecule has 0 aromatic heterocycles. The summed E-state index contributed by atoms with van der Waals surface area (Å²) in [7, 11) is 0. The Hall–Kier alpha value is -3.88. The van der Waals surface area contributed by atoms with Gasteiger partial charge in [0.15, 0.2) is 0 Å². The minimum Gasteiger partial charge on any atom is -0.481 e. The minimum absolute atomic E-state index is 0.0843. The summed E-state index contributed by atoms with van der Waals surface area (Å²) < 4.78 is 5.39. The molecule has 1 heterocycles. The van der Waals surface area contributed by atoms with Crippen LogP contribution in [-0.2, 0) is 19.1 Å². The van der Waals surface area contributed by atoms with Gasteiger partial charge < -0.3 is 25.4 Å². The van der Waals surface area contributed by atoms with E-state index in [-0.39, 0.29) is 38.1 Å². The van der Waals surface area contributed by atoms with Gasteiger partial charge in [0.05, 0.1) is 12.5 Å². The fourth-order valence-electron chi connectivity index (χ4n) is 4.89. The van der Waals surface area contributed by atoms with E-state index in [4.69, 9.17) is 4.74 Å². The molecule has 9 heteroatoms. The molecule has 0 spiro atoms. The molecule has 1 aliphatic carbocycles. The zero-order chi connectivity index (χ0) is 25.2. The van der Waals surface area contributed by atoms with Crippen LogP contribution in [-0.4, -0.2) is 66.7 Å². The highest BCUT2D eigenvalue weighted by Gasteiger charge is 2.45. The predicted octanol–water partition coefficient (Wildman–Crippen LogP) is 2.21. The second-order valence-corrected chi connectivity index (χ2v) is 9.61. The van der Waals surface area contributed by atoms with Gasteiger partial charge in [-0.2, -0.15) is 0 Å². The summed E-state index contributed by atoms with van der Waals surface area (Å²) in [6.45, 7) is 3.54. The molecular weight excluding hydrogens is 450 g/mol. The fourth-order valence-corrected chi connectivity index (χ4v) is 4.89. The summed E-state index contributed by atoms with van der Waals surface area (Å²) in [6, 6.07) is 16.0. The second-order valence-electron chi connectivity index (χ2n) is 9.61. The Labute approximate surface area is 203 Å². The van der Waals surface area contributed by atoms with Crippen molar-refractivity contribution in [1.82, 2.24) is 15.5 Å². The molecule has 1 aliphatic heterocycles. The Morgan fingerprint density at radius 1 is 0.971 bits per heavy atom. The maximum Gasteiger partial charge on any atom is 0.407 e. The molecule has 1 fully saturated rings. The van der Waals surface area contributed by atoms with Crippen LogP contribution in [0, 0.1) is 11.3 Å². The first-order valence-corrected chi connectivity index (χ1v) is 11.5. The van der Waals surface area contributed by atoms with Crippen molar-refractivity contribution in [2.75, 3.05) is 32.8 Å². The van der Waals surface area contributed by atoms with E-state index in [1.165, 1.54) is 4.90 Å². The summed E-state index contributed by atoms with van der Waals surface area (Å²) in [5, 5.41) is 14.2. The van der Waals surface area contributed by atoms with Gasteiger partial charge in [-0.15, -0.1) is 0 Å². The van der Waals surface area contributed by atoms with Crippen molar-refractivity contribution in [3.63, 3.8) is 0 Å². The number of carboxylic acids is 1. The number of ether oxygens (including phenoxy) is 1. The quantitative estimate of drug-likeness (QED) is 0.559. The number of aliphatic carboxylic acids is 1. The molecule has 0 saturated carbocycles. The molecule has 0 radical (unpaired) electrons. The van der Waals surface area contributed by atoms with E-state index in [1.54, 1.807) is 13.8 Å². The van der Waals surface area contributed by atoms with Gasteiger partial charge >= 0.3 is 12.1 Å². The van der Waals surface area contributed by atoms with Crippen LogP contribution >= 0.6 is 0 Å². The number of hydrogen-bond donors (Lipinski definition) is 3. The Bertz CT molecular complexity index is 1120. The Kier molecular flexibility index (Phi) is 6.77. The lowest BCUT2D eigenvalue weighted by atomic mass is 9.82. The van der Waals surface area contributed by atoms with Crippen LogP contribution in [0.3, 0.4) is 0 Å². The third-order valence-electron chi connectivity index (χ3n) is 6.77. The lowest BCUT2D eigenvalue weighted by Gasteiger charge is -2.22. The molecule has 4 rings (SSSR count). The van der Waals surface area contributed by atoms with Gasteiger partial charge in [-0.3, -0.25) is 14.4 Å². The molecule has 184 valence electrons. The summed E-state index contributed by atoms with van der Waals surface area (Å²) >= 11 is 0. The van der Waals surface area contributed by atoms with Crippen molar-refractivity contribution >= 4 is 23.9 Å². The lowest BCUT2D eigenvalue weighted by molar-refractivity contribution is -0.144. The molecule has 0 bridgehead atoms. The van der Waals surface area contributed by atoms with Gasteiger partial charge in [0, 0.05) is 19.0 Å². The summed E-state index contributed by atoms with van der Waals surface area (Å²) in [4.78, 5) is 49.6. The third-order valence-corrected chi connectivity index (χ3v) is 6.77. The average molecular weight is 480 g/mol. The highest BCUT2D eigenvalue weighted by Crippen LogP contribution is 2.44. The van der Waals surface area contributed by atoms with Crippen molar-refractivity contribution in [2.45, 2.75) is 19.8 Å². The largest absolute Gasteiger partial charge is 0.481 e. The number of rotatable bonds is 7. The van der Waals surface area contributed by atoms with Gasteiger partial charge in [-0.05, 0) is 27.7 Å². The number of carbonyl (C=O) groups is 4. The zero-order valence-electron chi connectivity index (χ0n) is 19.7. The molecule has 35 heavy (non-hydrogen) atoms. The lowest BCUT2D eigenvalue weighted by Crippen LogP contribution is -2.43. The number of likely N-dealkylation sites (tertiary alicyclic amines) is 1. The molecule has 2 aromatic carbocycles. The van der Waals surface area contributed by atoms with Gasteiger partial charge in [0.1, 0.15) is 13.2 Å². The second kappa shape index (κ2) is 9.77. The van der Waals surface area contributed by atoms with E-state index in [0.29, 0.717) is 6.54 Å². The maximum atomic E-state index is 12.4. The number of amides is 3. The highest BCUT2D eigenvalue weighted by atomic mass is 16.5. The first-order valence-electron chi connectivity index (χ1n) is 11.5. The molecule has 1 saturated heterocycles. The number of benzene rings is 2. The van der Waals surface area contributed by atoms with Crippen molar-refractivity contribution in [3.8, 4) is 11.1 Å². The first-order chi connectivity index (χ1) is 16.7. The van der Waals surface area contributed by atoms with Crippen molar-refractivity contribution in [3.05, 3.63) is 59.7 Å². The number of hydrogen-bond acceptors (Lipinski definition) is 5. The number of nitrogens with one attached hydrogen (secondary N) is 2. The molecule has 3 N–H and O–H groups in total. The SMILES string of the molecule is CC1(C)CN(C(=O)CNC(=O)CNC(=O)OCC2c3ccccc3-c3ccccc32)CC1C(=O)O. The van der Waals surface area contributed by atoms with Crippen molar-refractivity contribution in [1.29, 1.82) is 0 Å². The van der Waals surface area contributed by atoms with Gasteiger partial charge in [0.25, 0.3) is 0 Å². The third kappa shape index (κ3) is 5.13. The van der Waals surface area contributed by atoms with Gasteiger partial charge in [-0.1, -0.05) is 62.4 Å². The van der Waals surface area contributed by atoms with Crippen LogP contribution in [0.25, 0.3) is 11.1 Å². The molecule has 3 amide bonds. The van der Waals surface area contributed by atoms with E-state index in [9.17, 15) is 24.3 Å². The van der Waals surface area contributed by atoms with E-state index in [2.05, 4.69) is 10.6 Å². The maximum absolute atomic E-state index is 12.4. The zero-order valence-corrected chi connectivity index (χ0v) is 19.7. The monoisotopic (exact) mass is 479 g/mol. The molecule has 2 aromatic rings. The summed E-state index contributed by atoms with van der Waals surface area (Å²) in [5.41, 5.74) is 3.88. The van der Waals surface area contributed by atoms with Gasteiger partial charge in [0.2, 0.25) is 11.8 Å². The normalized spacial score (nSPS) is 17.9.